The molecule has 1 heterocycles. The van der Waals surface area contributed by atoms with Crippen molar-refractivity contribution in [2.24, 2.45) is 5.41 Å². The lowest BCUT2D eigenvalue weighted by molar-refractivity contribution is -0.137. The summed E-state index contributed by atoms with van der Waals surface area (Å²) in [5, 5.41) is 0. The Bertz CT molecular complexity index is 523. The second-order valence-electron chi connectivity index (χ2n) is 7.32. The van der Waals surface area contributed by atoms with Crippen LogP contribution in [-0.4, -0.2) is 47.8 Å². The highest BCUT2D eigenvalue weighted by Crippen LogP contribution is 2.40. The summed E-state index contributed by atoms with van der Waals surface area (Å²) >= 11 is 0. The highest BCUT2D eigenvalue weighted by molar-refractivity contribution is 5.88. The van der Waals surface area contributed by atoms with Crippen molar-refractivity contribution in [3.05, 3.63) is 23.3 Å². The second kappa shape index (κ2) is 7.33. The summed E-state index contributed by atoms with van der Waals surface area (Å²) in [5.41, 5.74) is 2.88. The maximum Gasteiger partial charge on any atom is 0.246 e. The predicted molar refractivity (Wildman–Crippen MR) is 92.9 cm³/mol. The third-order valence-electron chi connectivity index (χ3n) is 5.18. The monoisotopic (exact) mass is 318 g/mol. The van der Waals surface area contributed by atoms with Gasteiger partial charge in [-0.1, -0.05) is 32.4 Å². The van der Waals surface area contributed by atoms with Gasteiger partial charge in [0, 0.05) is 38.7 Å². The molecule has 4 nitrogen and oxygen atoms in total. The van der Waals surface area contributed by atoms with Crippen molar-refractivity contribution in [1.29, 1.82) is 0 Å². The van der Waals surface area contributed by atoms with Gasteiger partial charge in [-0.25, -0.2) is 0 Å². The molecule has 0 N–H and O–H groups in total. The molecular weight excluding hydrogens is 288 g/mol. The van der Waals surface area contributed by atoms with E-state index in [0.717, 1.165) is 6.42 Å². The number of piperazine rings is 1. The van der Waals surface area contributed by atoms with Gasteiger partial charge >= 0.3 is 0 Å². The maximum absolute atomic E-state index is 12.4. The molecule has 0 aromatic carbocycles. The van der Waals surface area contributed by atoms with Crippen molar-refractivity contribution in [3.8, 4) is 0 Å². The molecule has 128 valence electrons. The SMILES string of the molecule is CCC(=O)N1CCN(C(=O)/C=C/C2=C(C)CCCC2(C)C)CC1. The summed E-state index contributed by atoms with van der Waals surface area (Å²) in [6.07, 6.45) is 7.84. The lowest BCUT2D eigenvalue weighted by Gasteiger charge is -2.35. The fourth-order valence-electron chi connectivity index (χ4n) is 3.67. The van der Waals surface area contributed by atoms with Crippen molar-refractivity contribution in [2.45, 2.75) is 53.4 Å². The largest absolute Gasteiger partial charge is 0.339 e. The molecule has 1 aliphatic carbocycles. The van der Waals surface area contributed by atoms with Crippen molar-refractivity contribution in [3.63, 3.8) is 0 Å². The number of hydrogen-bond acceptors (Lipinski definition) is 2. The van der Waals surface area contributed by atoms with Gasteiger partial charge < -0.3 is 9.80 Å². The van der Waals surface area contributed by atoms with Gasteiger partial charge in [-0.15, -0.1) is 0 Å². The van der Waals surface area contributed by atoms with E-state index < -0.39 is 0 Å². The van der Waals surface area contributed by atoms with E-state index >= 15 is 0 Å². The summed E-state index contributed by atoms with van der Waals surface area (Å²) in [4.78, 5) is 27.8. The molecule has 0 spiro atoms. The molecule has 1 fully saturated rings. The lowest BCUT2D eigenvalue weighted by Crippen LogP contribution is -2.50. The Hall–Kier alpha value is -1.58. The molecule has 4 heteroatoms. The van der Waals surface area contributed by atoms with E-state index in [4.69, 9.17) is 0 Å². The third-order valence-corrected chi connectivity index (χ3v) is 5.18. The minimum atomic E-state index is 0.0651. The third kappa shape index (κ3) is 4.24. The summed E-state index contributed by atoms with van der Waals surface area (Å²) in [6.45, 7) is 11.2. The van der Waals surface area contributed by atoms with Crippen LogP contribution in [0.3, 0.4) is 0 Å². The van der Waals surface area contributed by atoms with Crippen LogP contribution in [0.15, 0.2) is 23.3 Å². The number of hydrogen-bond donors (Lipinski definition) is 0. The molecule has 2 aliphatic rings. The van der Waals surface area contributed by atoms with E-state index in [0.29, 0.717) is 32.6 Å². The Labute approximate surface area is 140 Å². The van der Waals surface area contributed by atoms with Gasteiger partial charge in [0.25, 0.3) is 0 Å². The van der Waals surface area contributed by atoms with Crippen LogP contribution in [0.5, 0.6) is 0 Å². The molecule has 0 unspecified atom stereocenters. The normalized spacial score (nSPS) is 21.9. The Kier molecular flexibility index (Phi) is 5.66. The van der Waals surface area contributed by atoms with Crippen LogP contribution in [0.4, 0.5) is 0 Å². The Morgan fingerprint density at radius 3 is 2.30 bits per heavy atom. The van der Waals surface area contributed by atoms with Crippen LogP contribution in [0.2, 0.25) is 0 Å². The Balaban J connectivity index is 1.96. The van der Waals surface area contributed by atoms with E-state index in [1.165, 1.54) is 24.0 Å². The second-order valence-corrected chi connectivity index (χ2v) is 7.32. The van der Waals surface area contributed by atoms with Crippen LogP contribution >= 0.6 is 0 Å². The molecule has 0 aromatic heterocycles. The first-order valence-corrected chi connectivity index (χ1v) is 8.80. The van der Waals surface area contributed by atoms with Crippen LogP contribution < -0.4 is 0 Å². The van der Waals surface area contributed by atoms with E-state index in [-0.39, 0.29) is 17.2 Å². The van der Waals surface area contributed by atoms with Crippen molar-refractivity contribution < 1.29 is 9.59 Å². The van der Waals surface area contributed by atoms with Gasteiger partial charge in [0.05, 0.1) is 0 Å². The zero-order chi connectivity index (χ0) is 17.0. The van der Waals surface area contributed by atoms with Crippen molar-refractivity contribution in [1.82, 2.24) is 9.80 Å². The Morgan fingerprint density at radius 2 is 1.74 bits per heavy atom. The number of carbonyl (C=O) groups excluding carboxylic acids is 2. The van der Waals surface area contributed by atoms with Crippen molar-refractivity contribution in [2.75, 3.05) is 26.2 Å². The fourth-order valence-corrected chi connectivity index (χ4v) is 3.67. The number of allylic oxidation sites excluding steroid dienone is 3. The van der Waals surface area contributed by atoms with Gasteiger partial charge in [0.2, 0.25) is 11.8 Å². The van der Waals surface area contributed by atoms with Crippen LogP contribution in [0.1, 0.15) is 53.4 Å². The molecule has 1 aliphatic heterocycles. The van der Waals surface area contributed by atoms with Crippen LogP contribution in [-0.2, 0) is 9.59 Å². The summed E-state index contributed by atoms with van der Waals surface area (Å²) < 4.78 is 0. The molecule has 0 radical (unpaired) electrons. The smallest absolute Gasteiger partial charge is 0.246 e. The first kappa shape index (κ1) is 17.8. The van der Waals surface area contributed by atoms with E-state index in [1.54, 1.807) is 6.08 Å². The number of carbonyl (C=O) groups is 2. The summed E-state index contributed by atoms with van der Waals surface area (Å²) in [5.74, 6) is 0.243. The van der Waals surface area contributed by atoms with Crippen LogP contribution in [0, 0.1) is 5.41 Å². The van der Waals surface area contributed by atoms with Gasteiger partial charge in [-0.05, 0) is 37.2 Å². The van der Waals surface area contributed by atoms with Gasteiger partial charge in [-0.3, -0.25) is 9.59 Å². The average Bonchev–Trinajstić information content (AvgIpc) is 2.53. The molecule has 23 heavy (non-hydrogen) atoms. The standard InChI is InChI=1S/C19H30N2O2/c1-5-17(22)20-11-13-21(14-12-20)18(23)9-8-16-15(2)7-6-10-19(16,3)4/h8-9H,5-7,10-14H2,1-4H3/b9-8+. The molecule has 0 atom stereocenters. The minimum Gasteiger partial charge on any atom is -0.339 e. The Morgan fingerprint density at radius 1 is 1.13 bits per heavy atom. The number of rotatable bonds is 3. The van der Waals surface area contributed by atoms with Crippen molar-refractivity contribution >= 4 is 11.8 Å². The average molecular weight is 318 g/mol. The summed E-state index contributed by atoms with van der Waals surface area (Å²) in [7, 11) is 0. The molecule has 1 saturated heterocycles. The topological polar surface area (TPSA) is 40.6 Å². The molecule has 2 amide bonds. The first-order valence-electron chi connectivity index (χ1n) is 8.80. The predicted octanol–water partition coefficient (Wildman–Crippen LogP) is 3.15. The highest BCUT2D eigenvalue weighted by atomic mass is 16.2. The number of amides is 2. The number of nitrogens with zero attached hydrogens (tertiary/aromatic N) is 2. The maximum atomic E-state index is 12.4. The molecule has 0 aromatic rings. The van der Waals surface area contributed by atoms with E-state index in [9.17, 15) is 9.59 Å². The van der Waals surface area contributed by atoms with Gasteiger partial charge in [-0.2, -0.15) is 0 Å². The lowest BCUT2D eigenvalue weighted by atomic mass is 9.72. The van der Waals surface area contributed by atoms with Gasteiger partial charge in [0.15, 0.2) is 0 Å². The highest BCUT2D eigenvalue weighted by Gasteiger charge is 2.27. The first-order chi connectivity index (χ1) is 10.8. The molecule has 0 bridgehead atoms. The molecule has 2 rings (SSSR count). The van der Waals surface area contributed by atoms with E-state index in [2.05, 4.69) is 20.8 Å². The van der Waals surface area contributed by atoms with E-state index in [1.807, 2.05) is 22.8 Å². The molecular formula is C19H30N2O2. The fraction of sp³-hybridized carbons (Fsp3) is 0.684. The summed E-state index contributed by atoms with van der Waals surface area (Å²) in [6, 6.07) is 0. The zero-order valence-electron chi connectivity index (χ0n) is 15.0. The van der Waals surface area contributed by atoms with Gasteiger partial charge in [0.1, 0.15) is 0 Å². The quantitative estimate of drug-likeness (QED) is 0.750. The zero-order valence-corrected chi connectivity index (χ0v) is 15.0. The minimum absolute atomic E-state index is 0.0651. The van der Waals surface area contributed by atoms with Crippen LogP contribution in [0.25, 0.3) is 0 Å². The molecule has 0 saturated carbocycles.